The summed E-state index contributed by atoms with van der Waals surface area (Å²) < 4.78 is 5.02. The fourth-order valence-electron chi connectivity index (χ4n) is 1.32. The topological polar surface area (TPSA) is 35.2 Å². The van der Waals surface area contributed by atoms with Crippen molar-refractivity contribution < 1.29 is 4.74 Å². The van der Waals surface area contributed by atoms with Gasteiger partial charge in [-0.05, 0) is 31.4 Å². The van der Waals surface area contributed by atoms with Crippen molar-refractivity contribution in [3.05, 3.63) is 35.4 Å². The van der Waals surface area contributed by atoms with Crippen molar-refractivity contribution in [2.24, 2.45) is 5.73 Å². The number of ether oxygens (including phenoxy) is 1. The van der Waals surface area contributed by atoms with Gasteiger partial charge in [0.1, 0.15) is 0 Å². The molecule has 1 aromatic carbocycles. The molecule has 0 radical (unpaired) electrons. The second-order valence-electron chi connectivity index (χ2n) is 4.16. The molecule has 0 amide bonds. The number of rotatable bonds is 4. The molecule has 2 heteroatoms. The third-order valence-corrected chi connectivity index (χ3v) is 2.29. The molecule has 78 valence electrons. The molecule has 2 nitrogen and oxygen atoms in total. The monoisotopic (exact) mass is 193 g/mol. The van der Waals surface area contributed by atoms with Crippen LogP contribution >= 0.6 is 0 Å². The Kier molecular flexibility index (Phi) is 3.67. The molecular weight excluding hydrogens is 174 g/mol. The summed E-state index contributed by atoms with van der Waals surface area (Å²) in [5.41, 5.74) is 8.19. The number of hydrogen-bond acceptors (Lipinski definition) is 2. The highest BCUT2D eigenvalue weighted by Gasteiger charge is 2.12. The number of nitrogens with two attached hydrogens (primary N) is 1. The fraction of sp³-hybridized carbons (Fsp3) is 0.500. The number of methoxy groups -OCH3 is 1. The molecule has 1 rings (SSSR count). The van der Waals surface area contributed by atoms with Crippen LogP contribution in [0.25, 0.3) is 0 Å². The van der Waals surface area contributed by atoms with E-state index in [4.69, 9.17) is 10.5 Å². The molecule has 0 aliphatic rings. The first-order valence-corrected chi connectivity index (χ1v) is 4.91. The molecular formula is C12H19NO. The van der Waals surface area contributed by atoms with Crippen molar-refractivity contribution in [3.63, 3.8) is 0 Å². The van der Waals surface area contributed by atoms with E-state index in [0.717, 1.165) is 13.0 Å². The third kappa shape index (κ3) is 3.13. The van der Waals surface area contributed by atoms with Gasteiger partial charge < -0.3 is 10.5 Å². The maximum atomic E-state index is 5.98. The summed E-state index contributed by atoms with van der Waals surface area (Å²) in [6, 6.07) is 8.40. The molecule has 0 heterocycles. The summed E-state index contributed by atoms with van der Waals surface area (Å²) in [6.07, 6.45) is 0.960. The highest BCUT2D eigenvalue weighted by Crippen LogP contribution is 2.17. The minimum atomic E-state index is -0.250. The highest BCUT2D eigenvalue weighted by molar-refractivity contribution is 5.27. The van der Waals surface area contributed by atoms with Gasteiger partial charge in [0.2, 0.25) is 0 Å². The Balaban J connectivity index is 2.69. The first-order chi connectivity index (χ1) is 6.54. The molecule has 0 aliphatic carbocycles. The normalized spacial score (nSPS) is 11.7. The molecule has 0 atom stereocenters. The van der Waals surface area contributed by atoms with Gasteiger partial charge in [0.25, 0.3) is 0 Å². The van der Waals surface area contributed by atoms with Gasteiger partial charge in [-0.1, -0.05) is 24.3 Å². The van der Waals surface area contributed by atoms with E-state index in [1.807, 2.05) is 13.8 Å². The molecule has 14 heavy (non-hydrogen) atoms. The summed E-state index contributed by atoms with van der Waals surface area (Å²) in [4.78, 5) is 0. The van der Waals surface area contributed by atoms with Crippen LogP contribution in [0.4, 0.5) is 0 Å². The van der Waals surface area contributed by atoms with E-state index in [1.165, 1.54) is 11.1 Å². The van der Waals surface area contributed by atoms with E-state index in [0.29, 0.717) is 0 Å². The van der Waals surface area contributed by atoms with Crippen LogP contribution in [0.1, 0.15) is 25.0 Å². The Bertz CT molecular complexity index is 271. The largest absolute Gasteiger partial charge is 0.384 e. The van der Waals surface area contributed by atoms with Gasteiger partial charge in [0.05, 0.1) is 6.61 Å². The number of hydrogen-bond donors (Lipinski definition) is 1. The average molecular weight is 193 g/mol. The van der Waals surface area contributed by atoms with Crippen molar-refractivity contribution in [1.29, 1.82) is 0 Å². The lowest BCUT2D eigenvalue weighted by Gasteiger charge is -2.19. The Morgan fingerprint density at radius 1 is 1.21 bits per heavy atom. The SMILES string of the molecule is COCCc1ccc(C(C)(C)N)cc1. The lowest BCUT2D eigenvalue weighted by Crippen LogP contribution is -2.28. The Morgan fingerprint density at radius 2 is 1.79 bits per heavy atom. The van der Waals surface area contributed by atoms with Crippen LogP contribution in [0.5, 0.6) is 0 Å². The van der Waals surface area contributed by atoms with Gasteiger partial charge in [-0.25, -0.2) is 0 Å². The van der Waals surface area contributed by atoms with Crippen LogP contribution in [-0.4, -0.2) is 13.7 Å². The fourth-order valence-corrected chi connectivity index (χ4v) is 1.32. The minimum absolute atomic E-state index is 0.250. The van der Waals surface area contributed by atoms with Crippen LogP contribution < -0.4 is 5.73 Å². The standard InChI is InChI=1S/C12H19NO/c1-12(2,13)11-6-4-10(5-7-11)8-9-14-3/h4-7H,8-9,13H2,1-3H3. The summed E-state index contributed by atoms with van der Waals surface area (Å²) in [5, 5.41) is 0. The Morgan fingerprint density at radius 3 is 2.21 bits per heavy atom. The summed E-state index contributed by atoms with van der Waals surface area (Å²) >= 11 is 0. The minimum Gasteiger partial charge on any atom is -0.384 e. The van der Waals surface area contributed by atoms with E-state index in [2.05, 4.69) is 24.3 Å². The first kappa shape index (κ1) is 11.2. The van der Waals surface area contributed by atoms with E-state index < -0.39 is 0 Å². The zero-order valence-electron chi connectivity index (χ0n) is 9.21. The van der Waals surface area contributed by atoms with Gasteiger partial charge in [-0.3, -0.25) is 0 Å². The molecule has 0 aromatic heterocycles. The van der Waals surface area contributed by atoms with Gasteiger partial charge in [0.15, 0.2) is 0 Å². The van der Waals surface area contributed by atoms with Crippen molar-refractivity contribution in [2.45, 2.75) is 25.8 Å². The summed E-state index contributed by atoms with van der Waals surface area (Å²) in [7, 11) is 1.72. The predicted octanol–water partition coefficient (Wildman–Crippen LogP) is 2.07. The van der Waals surface area contributed by atoms with Gasteiger partial charge in [-0.15, -0.1) is 0 Å². The summed E-state index contributed by atoms with van der Waals surface area (Å²) in [5.74, 6) is 0. The molecule has 0 aliphatic heterocycles. The third-order valence-electron chi connectivity index (χ3n) is 2.29. The van der Waals surface area contributed by atoms with Gasteiger partial charge in [0, 0.05) is 12.6 Å². The summed E-state index contributed by atoms with van der Waals surface area (Å²) in [6.45, 7) is 4.79. The second-order valence-corrected chi connectivity index (χ2v) is 4.16. The Hall–Kier alpha value is -0.860. The molecule has 0 spiro atoms. The van der Waals surface area contributed by atoms with Crippen molar-refractivity contribution in [3.8, 4) is 0 Å². The second kappa shape index (κ2) is 4.58. The van der Waals surface area contributed by atoms with E-state index in [9.17, 15) is 0 Å². The predicted molar refractivity (Wildman–Crippen MR) is 59.2 cm³/mol. The lowest BCUT2D eigenvalue weighted by atomic mass is 9.94. The first-order valence-electron chi connectivity index (χ1n) is 4.91. The molecule has 0 unspecified atom stereocenters. The van der Waals surface area contributed by atoms with Crippen LogP contribution in [0.2, 0.25) is 0 Å². The highest BCUT2D eigenvalue weighted by atomic mass is 16.5. The maximum Gasteiger partial charge on any atom is 0.0502 e. The van der Waals surface area contributed by atoms with Crippen LogP contribution in [0.15, 0.2) is 24.3 Å². The quantitative estimate of drug-likeness (QED) is 0.794. The molecule has 2 N–H and O–H groups in total. The molecule has 0 saturated heterocycles. The number of benzene rings is 1. The molecule has 1 aromatic rings. The van der Waals surface area contributed by atoms with Crippen LogP contribution in [0.3, 0.4) is 0 Å². The molecule has 0 saturated carbocycles. The van der Waals surface area contributed by atoms with Crippen molar-refractivity contribution >= 4 is 0 Å². The van der Waals surface area contributed by atoms with Crippen molar-refractivity contribution in [1.82, 2.24) is 0 Å². The lowest BCUT2D eigenvalue weighted by molar-refractivity contribution is 0.202. The van der Waals surface area contributed by atoms with E-state index >= 15 is 0 Å². The molecule has 0 bridgehead atoms. The van der Waals surface area contributed by atoms with Gasteiger partial charge >= 0.3 is 0 Å². The zero-order chi connectivity index (χ0) is 10.6. The average Bonchev–Trinajstić information content (AvgIpc) is 2.14. The smallest absolute Gasteiger partial charge is 0.0502 e. The zero-order valence-corrected chi connectivity index (χ0v) is 9.21. The van der Waals surface area contributed by atoms with Crippen LogP contribution in [-0.2, 0) is 16.7 Å². The maximum absolute atomic E-state index is 5.98. The van der Waals surface area contributed by atoms with Crippen molar-refractivity contribution in [2.75, 3.05) is 13.7 Å². The van der Waals surface area contributed by atoms with E-state index in [1.54, 1.807) is 7.11 Å². The molecule has 0 fully saturated rings. The van der Waals surface area contributed by atoms with Crippen LogP contribution in [0, 0.1) is 0 Å². The van der Waals surface area contributed by atoms with E-state index in [-0.39, 0.29) is 5.54 Å². The van der Waals surface area contributed by atoms with Gasteiger partial charge in [-0.2, -0.15) is 0 Å². The Labute approximate surface area is 86.1 Å².